The van der Waals surface area contributed by atoms with Crippen molar-refractivity contribution in [2.24, 2.45) is 5.92 Å². The summed E-state index contributed by atoms with van der Waals surface area (Å²) in [5, 5.41) is 7.54. The zero-order valence-electron chi connectivity index (χ0n) is 7.62. The number of hydrogen-bond acceptors (Lipinski definition) is 3. The molecule has 2 rings (SSSR count). The first kappa shape index (κ1) is 8.51. The molecule has 3 heteroatoms. The van der Waals surface area contributed by atoms with Crippen molar-refractivity contribution in [1.29, 1.82) is 5.41 Å². The van der Waals surface area contributed by atoms with E-state index in [1.807, 2.05) is 18.2 Å². The molecule has 1 N–H and O–H groups in total. The Morgan fingerprint density at radius 1 is 1.62 bits per heavy atom. The van der Waals surface area contributed by atoms with Gasteiger partial charge in [-0.05, 0) is 6.08 Å². The third-order valence-corrected chi connectivity index (χ3v) is 2.48. The Hall–Kier alpha value is -1.09. The highest BCUT2D eigenvalue weighted by molar-refractivity contribution is 5.84. The van der Waals surface area contributed by atoms with Gasteiger partial charge in [0.05, 0.1) is 25.7 Å². The smallest absolute Gasteiger partial charge is 0.102 e. The van der Waals surface area contributed by atoms with E-state index in [0.29, 0.717) is 12.3 Å². The van der Waals surface area contributed by atoms with Gasteiger partial charge in [0, 0.05) is 12.1 Å². The maximum Gasteiger partial charge on any atom is 0.102 e. The minimum Gasteiger partial charge on any atom is -0.501 e. The lowest BCUT2D eigenvalue weighted by Gasteiger charge is -2.32. The Morgan fingerprint density at radius 3 is 3.23 bits per heavy atom. The van der Waals surface area contributed by atoms with Gasteiger partial charge in [0.2, 0.25) is 0 Å². The average Bonchev–Trinajstić information content (AvgIpc) is 2.17. The lowest BCUT2D eigenvalue weighted by molar-refractivity contribution is 0.0438. The minimum absolute atomic E-state index is 0.106. The lowest BCUT2D eigenvalue weighted by Crippen LogP contribution is -2.35. The quantitative estimate of drug-likeness (QED) is 0.663. The standard InChI is InChI=1S/C10H13NO2/c1-12-9-3-2-4-10-8(9)5-7(11)6-13-10/h2-4,8,10-11H,5-6H2,1H3. The van der Waals surface area contributed by atoms with Crippen LogP contribution >= 0.6 is 0 Å². The van der Waals surface area contributed by atoms with E-state index < -0.39 is 0 Å². The molecule has 3 nitrogen and oxygen atoms in total. The molecule has 0 bridgehead atoms. The predicted octanol–water partition coefficient (Wildman–Crippen LogP) is 1.51. The van der Waals surface area contributed by atoms with Crippen molar-refractivity contribution in [3.05, 3.63) is 24.0 Å². The van der Waals surface area contributed by atoms with Crippen LogP contribution < -0.4 is 0 Å². The number of ether oxygens (including phenoxy) is 2. The summed E-state index contributed by atoms with van der Waals surface area (Å²) in [5.74, 6) is 1.15. The van der Waals surface area contributed by atoms with Crippen molar-refractivity contribution in [3.8, 4) is 0 Å². The van der Waals surface area contributed by atoms with Crippen LogP contribution in [0, 0.1) is 11.3 Å². The molecule has 2 atom stereocenters. The van der Waals surface area contributed by atoms with Crippen LogP contribution in [-0.4, -0.2) is 25.5 Å². The second-order valence-electron chi connectivity index (χ2n) is 3.35. The largest absolute Gasteiger partial charge is 0.501 e. The fourth-order valence-corrected chi connectivity index (χ4v) is 1.81. The monoisotopic (exact) mass is 179 g/mol. The zero-order chi connectivity index (χ0) is 9.26. The lowest BCUT2D eigenvalue weighted by atomic mass is 9.88. The van der Waals surface area contributed by atoms with Crippen molar-refractivity contribution in [2.45, 2.75) is 12.5 Å². The van der Waals surface area contributed by atoms with Gasteiger partial charge in [-0.15, -0.1) is 0 Å². The summed E-state index contributed by atoms with van der Waals surface area (Å²) in [6, 6.07) is 0. The molecule has 0 spiro atoms. The van der Waals surface area contributed by atoms with Crippen LogP contribution in [0.2, 0.25) is 0 Å². The van der Waals surface area contributed by atoms with Crippen molar-refractivity contribution < 1.29 is 9.47 Å². The number of methoxy groups -OCH3 is 1. The molecule has 0 aromatic carbocycles. The number of allylic oxidation sites excluding steroid dienone is 2. The van der Waals surface area contributed by atoms with Crippen LogP contribution in [0.5, 0.6) is 0 Å². The Balaban J connectivity index is 2.18. The van der Waals surface area contributed by atoms with Crippen LogP contribution in [0.4, 0.5) is 0 Å². The van der Waals surface area contributed by atoms with Gasteiger partial charge in [0.1, 0.15) is 5.76 Å². The molecule has 0 saturated carbocycles. The molecular weight excluding hydrogens is 166 g/mol. The van der Waals surface area contributed by atoms with E-state index in [0.717, 1.165) is 12.2 Å². The van der Waals surface area contributed by atoms with Crippen LogP contribution in [0.15, 0.2) is 24.0 Å². The van der Waals surface area contributed by atoms with Crippen LogP contribution in [0.25, 0.3) is 0 Å². The summed E-state index contributed by atoms with van der Waals surface area (Å²) in [6.45, 7) is 0.461. The molecular formula is C10H13NO2. The minimum atomic E-state index is 0.106. The molecule has 1 fully saturated rings. The molecule has 13 heavy (non-hydrogen) atoms. The summed E-state index contributed by atoms with van der Waals surface area (Å²) in [6.07, 6.45) is 6.79. The third kappa shape index (κ3) is 1.52. The maximum atomic E-state index is 7.54. The molecule has 70 valence electrons. The van der Waals surface area contributed by atoms with Crippen molar-refractivity contribution in [2.75, 3.05) is 13.7 Å². The summed E-state index contributed by atoms with van der Waals surface area (Å²) in [5.41, 5.74) is 0.652. The van der Waals surface area contributed by atoms with Crippen molar-refractivity contribution in [3.63, 3.8) is 0 Å². The second kappa shape index (κ2) is 3.34. The van der Waals surface area contributed by atoms with Gasteiger partial charge < -0.3 is 14.9 Å². The Labute approximate surface area is 77.5 Å². The molecule has 0 aromatic heterocycles. The SMILES string of the molecule is COC1=CC=CC2OCC(=N)CC12. The average molecular weight is 179 g/mol. The Kier molecular flexibility index (Phi) is 2.19. The van der Waals surface area contributed by atoms with Gasteiger partial charge in [-0.25, -0.2) is 0 Å². The van der Waals surface area contributed by atoms with E-state index in [1.54, 1.807) is 7.11 Å². The molecule has 1 saturated heterocycles. The van der Waals surface area contributed by atoms with Crippen molar-refractivity contribution in [1.82, 2.24) is 0 Å². The van der Waals surface area contributed by atoms with E-state index >= 15 is 0 Å². The highest BCUT2D eigenvalue weighted by atomic mass is 16.5. The van der Waals surface area contributed by atoms with Gasteiger partial charge >= 0.3 is 0 Å². The molecule has 2 unspecified atom stereocenters. The first-order valence-corrected chi connectivity index (χ1v) is 4.41. The van der Waals surface area contributed by atoms with Crippen molar-refractivity contribution >= 4 is 5.71 Å². The van der Waals surface area contributed by atoms with Gasteiger partial charge in [-0.3, -0.25) is 0 Å². The molecule has 1 aliphatic heterocycles. The molecule has 2 aliphatic rings. The number of fused-ring (bicyclic) bond motifs is 1. The zero-order valence-corrected chi connectivity index (χ0v) is 7.62. The normalized spacial score (nSPS) is 32.4. The Bertz CT molecular complexity index is 281. The molecule has 0 radical (unpaired) electrons. The summed E-state index contributed by atoms with van der Waals surface area (Å²) in [7, 11) is 1.67. The van der Waals surface area contributed by atoms with Crippen LogP contribution in [-0.2, 0) is 9.47 Å². The summed E-state index contributed by atoms with van der Waals surface area (Å²) < 4.78 is 10.7. The van der Waals surface area contributed by atoms with Gasteiger partial charge in [-0.1, -0.05) is 12.2 Å². The number of hydrogen-bond donors (Lipinski definition) is 1. The fourth-order valence-electron chi connectivity index (χ4n) is 1.81. The first-order chi connectivity index (χ1) is 6.31. The molecule has 0 amide bonds. The molecule has 0 aromatic rings. The van der Waals surface area contributed by atoms with Crippen LogP contribution in [0.1, 0.15) is 6.42 Å². The van der Waals surface area contributed by atoms with E-state index in [1.165, 1.54) is 0 Å². The van der Waals surface area contributed by atoms with E-state index in [9.17, 15) is 0 Å². The first-order valence-electron chi connectivity index (χ1n) is 4.41. The van der Waals surface area contributed by atoms with Gasteiger partial charge in [-0.2, -0.15) is 0 Å². The fraction of sp³-hybridized carbons (Fsp3) is 0.500. The molecule has 1 heterocycles. The highest BCUT2D eigenvalue weighted by Gasteiger charge is 2.31. The third-order valence-electron chi connectivity index (χ3n) is 2.48. The second-order valence-corrected chi connectivity index (χ2v) is 3.35. The Morgan fingerprint density at radius 2 is 2.46 bits per heavy atom. The van der Waals surface area contributed by atoms with E-state index in [2.05, 4.69) is 0 Å². The van der Waals surface area contributed by atoms with E-state index in [-0.39, 0.29) is 12.0 Å². The maximum absolute atomic E-state index is 7.54. The predicted molar refractivity (Wildman–Crippen MR) is 49.8 cm³/mol. The number of rotatable bonds is 1. The van der Waals surface area contributed by atoms with Crippen LogP contribution in [0.3, 0.4) is 0 Å². The molecule has 1 aliphatic carbocycles. The summed E-state index contributed by atoms with van der Waals surface area (Å²) >= 11 is 0. The number of nitrogens with one attached hydrogen (secondary N) is 1. The summed E-state index contributed by atoms with van der Waals surface area (Å²) in [4.78, 5) is 0. The topological polar surface area (TPSA) is 42.3 Å². The highest BCUT2D eigenvalue weighted by Crippen LogP contribution is 2.30. The van der Waals surface area contributed by atoms with Gasteiger partial charge in [0.15, 0.2) is 0 Å². The van der Waals surface area contributed by atoms with Gasteiger partial charge in [0.25, 0.3) is 0 Å². The van der Waals surface area contributed by atoms with E-state index in [4.69, 9.17) is 14.9 Å².